The topological polar surface area (TPSA) is 152 Å². The fourth-order valence-electron chi connectivity index (χ4n) is 2.41. The van der Waals surface area contributed by atoms with Crippen molar-refractivity contribution in [3.63, 3.8) is 0 Å². The number of aryl methyl sites for hydroxylation is 4. The van der Waals surface area contributed by atoms with E-state index < -0.39 is 33.7 Å². The van der Waals surface area contributed by atoms with E-state index in [0.29, 0.717) is 0 Å². The number of aromatic nitrogens is 4. The van der Waals surface area contributed by atoms with Crippen LogP contribution in [0.15, 0.2) is 37.4 Å². The molecular formula is C20H34N4O7S. The quantitative estimate of drug-likeness (QED) is 0.320. The first-order valence-corrected chi connectivity index (χ1v) is 11.8. The Morgan fingerprint density at radius 2 is 1.34 bits per heavy atom. The molecule has 1 N–H and O–H groups in total. The van der Waals surface area contributed by atoms with Crippen LogP contribution in [0.4, 0.5) is 0 Å². The highest BCUT2D eigenvalue weighted by Crippen LogP contribution is 2.01. The smallest absolute Gasteiger partial charge is 0.273 e. The minimum atomic E-state index is -4.94. The second-order valence-electron chi connectivity index (χ2n) is 7.24. The van der Waals surface area contributed by atoms with Crippen LogP contribution in [0, 0.1) is 0 Å². The standard InChI is InChI=1S/2C8H15N2.C4H6O7S/c2*1-3-4-5-10-7-6-9(2)8-10;5-3(6)1-2(4(7)8)12(9,10)11/h2*6-8H,3-5H2,1-2H3;2H,1H2,(H,5,6)(H,7,8)(H,9,10,11)/q2*+1;/p-2. The molecule has 0 fully saturated rings. The predicted octanol–water partition coefficient (Wildman–Crippen LogP) is -1.64. The van der Waals surface area contributed by atoms with E-state index in [2.05, 4.69) is 69.6 Å². The van der Waals surface area contributed by atoms with Crippen LogP contribution in [-0.2, 0) is 46.9 Å². The second-order valence-corrected chi connectivity index (χ2v) is 8.84. The van der Waals surface area contributed by atoms with Crippen LogP contribution in [-0.4, -0.2) is 39.3 Å². The highest BCUT2D eigenvalue weighted by Gasteiger charge is 2.24. The number of hydrogen-bond acceptors (Lipinski definition) is 6. The predicted molar refractivity (Wildman–Crippen MR) is 111 cm³/mol. The van der Waals surface area contributed by atoms with Gasteiger partial charge in [0.15, 0.2) is 0 Å². The van der Waals surface area contributed by atoms with Gasteiger partial charge in [-0.15, -0.1) is 0 Å². The van der Waals surface area contributed by atoms with E-state index in [1.165, 1.54) is 25.7 Å². The molecule has 182 valence electrons. The molecule has 11 nitrogen and oxygen atoms in total. The maximum Gasteiger partial charge on any atom is 0.273 e. The lowest BCUT2D eigenvalue weighted by atomic mass is 10.3. The maximum atomic E-state index is 10.2. The van der Waals surface area contributed by atoms with Crippen LogP contribution >= 0.6 is 0 Å². The zero-order valence-electron chi connectivity index (χ0n) is 19.1. The molecule has 0 aliphatic carbocycles. The van der Waals surface area contributed by atoms with Gasteiger partial charge in [-0.3, -0.25) is 4.55 Å². The molecule has 0 aromatic carbocycles. The first-order chi connectivity index (χ1) is 14.9. The molecule has 2 heterocycles. The van der Waals surface area contributed by atoms with Gasteiger partial charge in [0.25, 0.3) is 10.1 Å². The van der Waals surface area contributed by atoms with Crippen molar-refractivity contribution < 1.29 is 41.9 Å². The molecule has 0 spiro atoms. The van der Waals surface area contributed by atoms with Crippen molar-refractivity contribution >= 4 is 22.1 Å². The third-order valence-electron chi connectivity index (χ3n) is 4.16. The number of unbranched alkanes of at least 4 members (excludes halogenated alkanes) is 2. The van der Waals surface area contributed by atoms with E-state index >= 15 is 0 Å². The van der Waals surface area contributed by atoms with Gasteiger partial charge in [0, 0.05) is 12.4 Å². The summed E-state index contributed by atoms with van der Waals surface area (Å²) in [5.74, 6) is -4.08. The van der Waals surface area contributed by atoms with Gasteiger partial charge < -0.3 is 19.8 Å². The summed E-state index contributed by atoms with van der Waals surface area (Å²) in [6.07, 6.45) is 16.3. The molecule has 0 radical (unpaired) electrons. The molecular weight excluding hydrogens is 440 g/mol. The van der Waals surface area contributed by atoms with Crippen LogP contribution in [0.25, 0.3) is 0 Å². The van der Waals surface area contributed by atoms with Gasteiger partial charge in [0.1, 0.15) is 30.0 Å². The maximum absolute atomic E-state index is 10.2. The van der Waals surface area contributed by atoms with Gasteiger partial charge in [-0.05, 0) is 12.8 Å². The van der Waals surface area contributed by atoms with Gasteiger partial charge in [-0.1, -0.05) is 26.7 Å². The van der Waals surface area contributed by atoms with Gasteiger partial charge in [0.05, 0.1) is 33.2 Å². The Hall–Kier alpha value is -2.73. The molecule has 0 saturated heterocycles. The number of carboxylic acids is 2. The van der Waals surface area contributed by atoms with E-state index in [9.17, 15) is 28.2 Å². The number of carbonyl (C=O) groups is 2. The first-order valence-electron chi connectivity index (χ1n) is 10.3. The Labute approximate surface area is 189 Å². The number of rotatable bonds is 10. The van der Waals surface area contributed by atoms with Crippen LogP contribution < -0.4 is 19.3 Å². The zero-order valence-corrected chi connectivity index (χ0v) is 19.9. The zero-order chi connectivity index (χ0) is 24.7. The van der Waals surface area contributed by atoms with Gasteiger partial charge >= 0.3 is 0 Å². The molecule has 2 aromatic heterocycles. The average Bonchev–Trinajstić information content (AvgIpc) is 3.30. The average molecular weight is 475 g/mol. The monoisotopic (exact) mass is 474 g/mol. The van der Waals surface area contributed by atoms with Crippen LogP contribution in [0.3, 0.4) is 0 Å². The molecule has 2 rings (SSSR count). The molecule has 0 aliphatic heterocycles. The summed E-state index contributed by atoms with van der Waals surface area (Å²) in [7, 11) is -0.854. The van der Waals surface area contributed by atoms with Crippen LogP contribution in [0.2, 0.25) is 0 Å². The molecule has 0 amide bonds. The molecule has 0 aliphatic rings. The Balaban J connectivity index is 0.000000452. The van der Waals surface area contributed by atoms with E-state index in [4.69, 9.17) is 4.55 Å². The van der Waals surface area contributed by atoms with E-state index in [0.717, 1.165) is 13.1 Å². The largest absolute Gasteiger partial charge is 0.550 e. The number of aliphatic carboxylic acids is 2. The van der Waals surface area contributed by atoms with Crippen molar-refractivity contribution in [2.24, 2.45) is 14.1 Å². The third kappa shape index (κ3) is 13.5. The summed E-state index contributed by atoms with van der Waals surface area (Å²) in [5.41, 5.74) is 0. The second kappa shape index (κ2) is 15.1. The number of carbonyl (C=O) groups excluding carboxylic acids is 2. The number of carboxylic acid groups (broad SMARTS) is 2. The van der Waals surface area contributed by atoms with Crippen molar-refractivity contribution in [1.82, 2.24) is 9.13 Å². The number of hydrogen-bond donors (Lipinski definition) is 1. The molecule has 0 bridgehead atoms. The van der Waals surface area contributed by atoms with Gasteiger partial charge in [-0.2, -0.15) is 8.42 Å². The molecule has 0 saturated carbocycles. The van der Waals surface area contributed by atoms with Crippen molar-refractivity contribution in [2.75, 3.05) is 0 Å². The summed E-state index contributed by atoms with van der Waals surface area (Å²) in [6, 6.07) is 0. The Morgan fingerprint density at radius 3 is 1.53 bits per heavy atom. The molecule has 32 heavy (non-hydrogen) atoms. The third-order valence-corrected chi connectivity index (χ3v) is 5.24. The lowest BCUT2D eigenvalue weighted by Crippen LogP contribution is -2.44. The SMILES string of the molecule is CCCCn1cc[n+](C)c1.CCCCn1cc[n+](C)c1.O=C([O-])CC(C(=O)[O-])S(=O)(=O)O. The molecule has 1 unspecified atom stereocenters. The van der Waals surface area contributed by atoms with Crippen molar-refractivity contribution in [1.29, 1.82) is 0 Å². The van der Waals surface area contributed by atoms with Gasteiger partial charge in [0.2, 0.25) is 12.7 Å². The van der Waals surface area contributed by atoms with Gasteiger partial charge in [-0.25, -0.2) is 18.3 Å². The summed E-state index contributed by atoms with van der Waals surface area (Å²) in [6.45, 7) is 6.72. The molecule has 1 atom stereocenters. The minimum absolute atomic E-state index is 1.15. The van der Waals surface area contributed by atoms with Crippen molar-refractivity contribution in [3.05, 3.63) is 37.4 Å². The lowest BCUT2D eigenvalue weighted by Gasteiger charge is -2.14. The van der Waals surface area contributed by atoms with Crippen LogP contribution in [0.5, 0.6) is 0 Å². The van der Waals surface area contributed by atoms with E-state index in [1.807, 2.05) is 14.1 Å². The van der Waals surface area contributed by atoms with Crippen molar-refractivity contribution in [3.8, 4) is 0 Å². The normalized spacial score (nSPS) is 11.5. The van der Waals surface area contributed by atoms with E-state index in [-0.39, 0.29) is 0 Å². The fourth-order valence-corrected chi connectivity index (χ4v) is 3.00. The summed E-state index contributed by atoms with van der Waals surface area (Å²) in [5, 5.41) is 17.3. The minimum Gasteiger partial charge on any atom is -0.550 e. The summed E-state index contributed by atoms with van der Waals surface area (Å²) >= 11 is 0. The molecule has 12 heteroatoms. The van der Waals surface area contributed by atoms with E-state index in [1.54, 1.807) is 0 Å². The fraction of sp³-hybridized carbons (Fsp3) is 0.600. The number of nitrogens with zero attached hydrogens (tertiary/aromatic N) is 4. The highest BCUT2D eigenvalue weighted by atomic mass is 32.2. The summed E-state index contributed by atoms with van der Waals surface area (Å²) < 4.78 is 37.0. The Morgan fingerprint density at radius 1 is 0.938 bits per heavy atom. The van der Waals surface area contributed by atoms with Crippen molar-refractivity contribution in [2.45, 2.75) is 64.3 Å². The first kappa shape index (κ1) is 29.3. The highest BCUT2D eigenvalue weighted by molar-refractivity contribution is 7.87. The summed E-state index contributed by atoms with van der Waals surface area (Å²) in [4.78, 5) is 19.7. The Bertz CT molecular complexity index is 878. The Kier molecular flexibility index (Phi) is 13.8. The number of imidazole rings is 2. The lowest BCUT2D eigenvalue weighted by molar-refractivity contribution is -0.671. The van der Waals surface area contributed by atoms with Crippen LogP contribution in [0.1, 0.15) is 46.0 Å². The molecule has 2 aromatic rings.